The van der Waals surface area contributed by atoms with Crippen LogP contribution in [0.25, 0.3) is 22.3 Å². The van der Waals surface area contributed by atoms with E-state index < -0.39 is 0 Å². The fourth-order valence-corrected chi connectivity index (χ4v) is 5.99. The van der Waals surface area contributed by atoms with Crippen LogP contribution in [0, 0.1) is 5.92 Å². The number of phenolic OH excluding ortho intramolecular Hbond substituents is 1. The van der Waals surface area contributed by atoms with E-state index in [4.69, 9.17) is 4.74 Å². The van der Waals surface area contributed by atoms with Crippen LogP contribution in [0.4, 0.5) is 0 Å². The maximum Gasteiger partial charge on any atom is 0.246 e. The molecule has 4 heterocycles. The van der Waals surface area contributed by atoms with E-state index in [1.54, 1.807) is 12.1 Å². The largest absolute Gasteiger partial charge is 0.507 e. The number of carbonyl (C=O) groups is 1. The first kappa shape index (κ1) is 19.5. The first-order valence-electron chi connectivity index (χ1n) is 11.3. The van der Waals surface area contributed by atoms with Crippen LogP contribution in [-0.2, 0) is 9.53 Å². The third-order valence-corrected chi connectivity index (χ3v) is 7.51. The summed E-state index contributed by atoms with van der Waals surface area (Å²) < 4.78 is 5.75. The van der Waals surface area contributed by atoms with Crippen molar-refractivity contribution in [3.63, 3.8) is 0 Å². The number of para-hydroxylation sites is 1. The van der Waals surface area contributed by atoms with Crippen molar-refractivity contribution in [1.82, 2.24) is 20.1 Å². The second-order valence-electron chi connectivity index (χ2n) is 9.15. The van der Waals surface area contributed by atoms with E-state index in [9.17, 15) is 9.90 Å². The molecule has 3 fully saturated rings. The predicted molar refractivity (Wildman–Crippen MR) is 120 cm³/mol. The van der Waals surface area contributed by atoms with Gasteiger partial charge in [0.1, 0.15) is 5.75 Å². The van der Waals surface area contributed by atoms with Gasteiger partial charge in [-0.3, -0.25) is 4.79 Å². The van der Waals surface area contributed by atoms with Crippen molar-refractivity contribution in [3.8, 4) is 17.0 Å². The van der Waals surface area contributed by atoms with Gasteiger partial charge in [0.25, 0.3) is 0 Å². The summed E-state index contributed by atoms with van der Waals surface area (Å²) >= 11 is 0. The molecule has 0 radical (unpaired) electrons. The molecule has 1 amide bonds. The number of hydrogen-bond donors (Lipinski definition) is 2. The van der Waals surface area contributed by atoms with E-state index in [0.29, 0.717) is 23.8 Å². The van der Waals surface area contributed by atoms with Crippen molar-refractivity contribution in [2.45, 2.75) is 37.1 Å². The lowest BCUT2D eigenvalue weighted by Gasteiger charge is -2.46. The molecule has 2 N–H and O–H groups in total. The summed E-state index contributed by atoms with van der Waals surface area (Å²) in [5.41, 5.74) is 4.49. The molecule has 0 bridgehead atoms. The van der Waals surface area contributed by atoms with Gasteiger partial charge in [-0.15, -0.1) is 10.2 Å². The summed E-state index contributed by atoms with van der Waals surface area (Å²) in [6, 6.07) is 9.44. The number of phenols is 1. The Morgan fingerprint density at radius 1 is 1.25 bits per heavy atom. The number of likely N-dealkylation sites (tertiary alicyclic amines) is 1. The highest BCUT2D eigenvalue weighted by molar-refractivity contribution is 5.89. The predicted octanol–water partition coefficient (Wildman–Crippen LogP) is 3.72. The van der Waals surface area contributed by atoms with Crippen molar-refractivity contribution in [2.75, 3.05) is 19.8 Å². The minimum atomic E-state index is 0.0154. The van der Waals surface area contributed by atoms with Crippen molar-refractivity contribution in [1.29, 1.82) is 0 Å². The van der Waals surface area contributed by atoms with Crippen LogP contribution in [-0.4, -0.2) is 56.9 Å². The minimum Gasteiger partial charge on any atom is -0.507 e. The van der Waals surface area contributed by atoms with Gasteiger partial charge >= 0.3 is 0 Å². The minimum absolute atomic E-state index is 0.0154. The van der Waals surface area contributed by atoms with Crippen molar-refractivity contribution < 1.29 is 14.6 Å². The third kappa shape index (κ3) is 2.88. The first-order valence-corrected chi connectivity index (χ1v) is 11.3. The van der Waals surface area contributed by atoms with Crippen LogP contribution in [0.15, 0.2) is 43.0 Å². The van der Waals surface area contributed by atoms with E-state index in [0.717, 1.165) is 43.4 Å². The van der Waals surface area contributed by atoms with Gasteiger partial charge in [-0.1, -0.05) is 18.7 Å². The van der Waals surface area contributed by atoms with Crippen LogP contribution >= 0.6 is 0 Å². The molecule has 2 aliphatic heterocycles. The quantitative estimate of drug-likeness (QED) is 0.616. The average molecular weight is 431 g/mol. The van der Waals surface area contributed by atoms with Crippen LogP contribution in [0.2, 0.25) is 0 Å². The number of carbonyl (C=O) groups excluding carboxylic acids is 1. The van der Waals surface area contributed by atoms with Crippen LogP contribution < -0.4 is 0 Å². The molecule has 32 heavy (non-hydrogen) atoms. The van der Waals surface area contributed by atoms with E-state index in [1.807, 2.05) is 23.1 Å². The molecule has 2 aromatic heterocycles. The van der Waals surface area contributed by atoms with Crippen molar-refractivity contribution in [2.24, 2.45) is 5.92 Å². The van der Waals surface area contributed by atoms with Gasteiger partial charge < -0.3 is 19.7 Å². The summed E-state index contributed by atoms with van der Waals surface area (Å²) in [6.07, 6.45) is 4.56. The molecule has 6 rings (SSSR count). The number of benzene rings is 1. The molecule has 1 aliphatic carbocycles. The summed E-state index contributed by atoms with van der Waals surface area (Å²) in [5.74, 6) is 1.28. The fraction of sp³-hybridized carbons (Fsp3) is 0.400. The lowest BCUT2D eigenvalue weighted by molar-refractivity contribution is -0.137. The topological polar surface area (TPSA) is 91.3 Å². The highest BCUT2D eigenvalue weighted by Crippen LogP contribution is 2.51. The number of aromatic nitrogens is 3. The van der Waals surface area contributed by atoms with E-state index >= 15 is 0 Å². The first-order chi connectivity index (χ1) is 15.7. The van der Waals surface area contributed by atoms with Gasteiger partial charge in [-0.05, 0) is 55.0 Å². The molecule has 7 heteroatoms. The van der Waals surface area contributed by atoms with Gasteiger partial charge in [0, 0.05) is 47.7 Å². The standard InChI is InChI=1S/C25H26N4O3/c1-2-21(31)29-12-14-7-8-17(24(14)29)23-22(15-9-10-32-13-15)18-11-19(27-28-25(18)26-23)16-5-3-4-6-20(16)30/h2-6,11,14-15,17,24,30H,1,7-10,12-13H2,(H,26,28)/t14-,15+,17-,24+/m1/s1. The zero-order chi connectivity index (χ0) is 21.8. The highest BCUT2D eigenvalue weighted by atomic mass is 16.5. The Morgan fingerprint density at radius 3 is 2.91 bits per heavy atom. The van der Waals surface area contributed by atoms with Crippen LogP contribution in [0.1, 0.15) is 42.4 Å². The molecule has 0 spiro atoms. The summed E-state index contributed by atoms with van der Waals surface area (Å²) in [7, 11) is 0. The number of nitrogens with one attached hydrogen (secondary N) is 1. The molecule has 164 valence electrons. The molecule has 2 saturated heterocycles. The lowest BCUT2D eigenvalue weighted by Crippen LogP contribution is -2.57. The Balaban J connectivity index is 1.48. The lowest BCUT2D eigenvalue weighted by atomic mass is 9.82. The normalized spacial score (nSPS) is 26.8. The molecular weight excluding hydrogens is 404 g/mol. The number of hydrogen-bond acceptors (Lipinski definition) is 5. The number of H-pyrrole nitrogens is 1. The van der Waals surface area contributed by atoms with Crippen molar-refractivity contribution >= 4 is 16.9 Å². The Morgan fingerprint density at radius 2 is 2.12 bits per heavy atom. The zero-order valence-corrected chi connectivity index (χ0v) is 17.8. The second-order valence-corrected chi connectivity index (χ2v) is 9.15. The molecule has 3 aliphatic rings. The van der Waals surface area contributed by atoms with Gasteiger partial charge in [0.05, 0.1) is 12.3 Å². The fourth-order valence-electron chi connectivity index (χ4n) is 5.99. The van der Waals surface area contributed by atoms with E-state index in [-0.39, 0.29) is 29.5 Å². The molecule has 1 aromatic carbocycles. The molecule has 4 atom stereocenters. The molecule has 3 aromatic rings. The van der Waals surface area contributed by atoms with Crippen LogP contribution in [0.3, 0.4) is 0 Å². The monoisotopic (exact) mass is 430 g/mol. The second kappa shape index (κ2) is 7.45. The zero-order valence-electron chi connectivity index (χ0n) is 17.8. The molecule has 7 nitrogen and oxygen atoms in total. The smallest absolute Gasteiger partial charge is 0.246 e. The maximum atomic E-state index is 12.4. The van der Waals surface area contributed by atoms with E-state index in [2.05, 4.69) is 21.8 Å². The number of aromatic hydroxyl groups is 1. The summed E-state index contributed by atoms with van der Waals surface area (Å²) in [5, 5.41) is 20.3. The number of amides is 1. The Labute approximate surface area is 186 Å². The Hall–Kier alpha value is -3.19. The molecule has 1 saturated carbocycles. The van der Waals surface area contributed by atoms with Crippen molar-refractivity contribution in [3.05, 3.63) is 54.2 Å². The maximum absolute atomic E-state index is 12.4. The van der Waals surface area contributed by atoms with Gasteiger partial charge in [0.2, 0.25) is 5.91 Å². The Bertz CT molecular complexity index is 1210. The van der Waals surface area contributed by atoms with Gasteiger partial charge in [-0.2, -0.15) is 0 Å². The molecular formula is C25H26N4O3. The van der Waals surface area contributed by atoms with E-state index in [1.165, 1.54) is 17.3 Å². The Kier molecular flexibility index (Phi) is 4.54. The number of rotatable bonds is 4. The highest BCUT2D eigenvalue weighted by Gasteiger charge is 2.51. The van der Waals surface area contributed by atoms with Gasteiger partial charge in [-0.25, -0.2) is 0 Å². The number of fused-ring (bicyclic) bond motifs is 2. The number of aromatic amines is 1. The van der Waals surface area contributed by atoms with Crippen LogP contribution in [0.5, 0.6) is 5.75 Å². The average Bonchev–Trinajstić information content (AvgIpc) is 3.51. The summed E-state index contributed by atoms with van der Waals surface area (Å²) in [6.45, 7) is 5.94. The third-order valence-electron chi connectivity index (χ3n) is 7.51. The summed E-state index contributed by atoms with van der Waals surface area (Å²) in [4.78, 5) is 17.9. The van der Waals surface area contributed by atoms with Gasteiger partial charge in [0.15, 0.2) is 5.65 Å². The SMILES string of the molecule is C=CC(=O)N1C[C@H]2CC[C@H](c3[nH]c4nnc(-c5ccccc5O)cc4c3[C@H]3CCOC3)[C@H]21. The molecule has 0 unspecified atom stereocenters. The number of nitrogens with zero attached hydrogens (tertiary/aromatic N) is 3. The number of ether oxygens (including phenoxy) is 1.